The Morgan fingerprint density at radius 3 is 2.70 bits per heavy atom. The number of benzene rings is 1. The highest BCUT2D eigenvalue weighted by molar-refractivity contribution is 7.98. The fourth-order valence-electron chi connectivity index (χ4n) is 3.54. The Balaban J connectivity index is 1.35. The van der Waals surface area contributed by atoms with E-state index in [0.717, 1.165) is 5.75 Å². The minimum absolute atomic E-state index is 0.662. The SMILES string of the molecule is c1ccc(CSCCN2CCC3(CCNCC3)C2)cc1. The monoisotopic (exact) mass is 290 g/mol. The van der Waals surface area contributed by atoms with Crippen molar-refractivity contribution in [2.24, 2.45) is 5.41 Å². The highest BCUT2D eigenvalue weighted by atomic mass is 32.2. The van der Waals surface area contributed by atoms with Gasteiger partial charge in [0.15, 0.2) is 0 Å². The molecule has 110 valence electrons. The van der Waals surface area contributed by atoms with Crippen molar-refractivity contribution in [3.8, 4) is 0 Å². The summed E-state index contributed by atoms with van der Waals surface area (Å²) in [6.07, 6.45) is 4.21. The summed E-state index contributed by atoms with van der Waals surface area (Å²) < 4.78 is 0. The van der Waals surface area contributed by atoms with Crippen molar-refractivity contribution in [3.63, 3.8) is 0 Å². The van der Waals surface area contributed by atoms with Gasteiger partial charge in [-0.1, -0.05) is 30.3 Å². The van der Waals surface area contributed by atoms with E-state index in [4.69, 9.17) is 0 Å². The first-order valence-electron chi connectivity index (χ1n) is 7.91. The first kappa shape index (κ1) is 14.4. The van der Waals surface area contributed by atoms with Gasteiger partial charge in [0.25, 0.3) is 0 Å². The van der Waals surface area contributed by atoms with E-state index >= 15 is 0 Å². The first-order chi connectivity index (χ1) is 9.86. The average Bonchev–Trinajstić information content (AvgIpc) is 2.88. The van der Waals surface area contributed by atoms with E-state index in [2.05, 4.69) is 52.3 Å². The Labute approximate surface area is 127 Å². The van der Waals surface area contributed by atoms with Crippen molar-refractivity contribution in [3.05, 3.63) is 35.9 Å². The molecule has 1 aromatic carbocycles. The number of nitrogens with one attached hydrogen (secondary N) is 1. The smallest absolute Gasteiger partial charge is 0.0185 e. The summed E-state index contributed by atoms with van der Waals surface area (Å²) in [5.41, 5.74) is 2.11. The van der Waals surface area contributed by atoms with Crippen LogP contribution in [-0.2, 0) is 5.75 Å². The summed E-state index contributed by atoms with van der Waals surface area (Å²) in [6.45, 7) is 6.41. The van der Waals surface area contributed by atoms with Crippen LogP contribution in [0.1, 0.15) is 24.8 Å². The van der Waals surface area contributed by atoms with Gasteiger partial charge in [-0.05, 0) is 49.9 Å². The fraction of sp³-hybridized carbons (Fsp3) is 0.647. The number of hydrogen-bond acceptors (Lipinski definition) is 3. The lowest BCUT2D eigenvalue weighted by atomic mass is 9.78. The summed E-state index contributed by atoms with van der Waals surface area (Å²) in [4.78, 5) is 2.70. The maximum absolute atomic E-state index is 3.50. The Kier molecular flexibility index (Phi) is 5.03. The van der Waals surface area contributed by atoms with Gasteiger partial charge in [-0.3, -0.25) is 0 Å². The Bertz CT molecular complexity index is 401. The molecule has 0 aromatic heterocycles. The minimum atomic E-state index is 0.662. The second-order valence-electron chi connectivity index (χ2n) is 6.31. The molecule has 20 heavy (non-hydrogen) atoms. The van der Waals surface area contributed by atoms with Gasteiger partial charge >= 0.3 is 0 Å². The van der Waals surface area contributed by atoms with Crippen molar-refractivity contribution in [2.45, 2.75) is 25.0 Å². The molecule has 2 heterocycles. The zero-order valence-corrected chi connectivity index (χ0v) is 13.1. The van der Waals surface area contributed by atoms with E-state index in [1.54, 1.807) is 0 Å². The second-order valence-corrected chi connectivity index (χ2v) is 7.42. The van der Waals surface area contributed by atoms with Crippen LogP contribution in [0.15, 0.2) is 30.3 Å². The molecule has 0 aliphatic carbocycles. The lowest BCUT2D eigenvalue weighted by Crippen LogP contribution is -2.38. The summed E-state index contributed by atoms with van der Waals surface area (Å²) in [5, 5.41) is 3.50. The average molecular weight is 290 g/mol. The molecule has 2 saturated heterocycles. The van der Waals surface area contributed by atoms with Crippen molar-refractivity contribution >= 4 is 11.8 Å². The maximum atomic E-state index is 3.50. The number of nitrogens with zero attached hydrogens (tertiary/aromatic N) is 1. The summed E-state index contributed by atoms with van der Waals surface area (Å²) in [6, 6.07) is 10.8. The molecule has 2 fully saturated rings. The molecule has 0 bridgehead atoms. The normalized spacial score (nSPS) is 22.4. The number of hydrogen-bond donors (Lipinski definition) is 1. The van der Waals surface area contributed by atoms with Crippen LogP contribution in [0.2, 0.25) is 0 Å². The predicted molar refractivity (Wildman–Crippen MR) is 88.2 cm³/mol. The van der Waals surface area contributed by atoms with Crippen LogP contribution in [0.5, 0.6) is 0 Å². The van der Waals surface area contributed by atoms with Gasteiger partial charge in [-0.2, -0.15) is 11.8 Å². The highest BCUT2D eigenvalue weighted by Gasteiger charge is 2.38. The molecule has 0 unspecified atom stereocenters. The summed E-state index contributed by atoms with van der Waals surface area (Å²) in [7, 11) is 0. The van der Waals surface area contributed by atoms with E-state index in [1.807, 2.05) is 0 Å². The van der Waals surface area contributed by atoms with Crippen LogP contribution in [0.25, 0.3) is 0 Å². The molecule has 0 radical (unpaired) electrons. The molecule has 1 aromatic rings. The number of rotatable bonds is 5. The van der Waals surface area contributed by atoms with E-state index < -0.39 is 0 Å². The third kappa shape index (κ3) is 3.78. The molecule has 2 nitrogen and oxygen atoms in total. The van der Waals surface area contributed by atoms with Crippen LogP contribution >= 0.6 is 11.8 Å². The van der Waals surface area contributed by atoms with E-state index in [-0.39, 0.29) is 0 Å². The third-order valence-corrected chi connectivity index (χ3v) is 5.85. The second kappa shape index (κ2) is 6.97. The lowest BCUT2D eigenvalue weighted by Gasteiger charge is -2.33. The highest BCUT2D eigenvalue weighted by Crippen LogP contribution is 2.38. The van der Waals surface area contributed by atoms with Gasteiger partial charge in [0, 0.05) is 24.6 Å². The fourth-order valence-corrected chi connectivity index (χ4v) is 4.50. The molecule has 2 aliphatic heterocycles. The number of piperidine rings is 1. The Morgan fingerprint density at radius 1 is 1.10 bits per heavy atom. The Hall–Kier alpha value is -0.510. The predicted octanol–water partition coefficient (Wildman–Crippen LogP) is 3.00. The third-order valence-electron chi connectivity index (χ3n) is 4.84. The molecular formula is C17H26N2S. The number of likely N-dealkylation sites (tertiary alicyclic amines) is 1. The van der Waals surface area contributed by atoms with Crippen molar-refractivity contribution in [2.75, 3.05) is 38.5 Å². The van der Waals surface area contributed by atoms with Gasteiger partial charge in [0.1, 0.15) is 0 Å². The van der Waals surface area contributed by atoms with Gasteiger partial charge in [0.05, 0.1) is 0 Å². The lowest BCUT2D eigenvalue weighted by molar-refractivity contribution is 0.200. The molecule has 0 atom stereocenters. The standard InChI is InChI=1S/C17H26N2S/c1-2-4-16(5-3-1)14-20-13-12-19-11-8-17(15-19)6-9-18-10-7-17/h1-5,18H,6-15H2. The summed E-state index contributed by atoms with van der Waals surface area (Å²) in [5.74, 6) is 2.42. The van der Waals surface area contributed by atoms with E-state index in [1.165, 1.54) is 63.3 Å². The number of thioether (sulfide) groups is 1. The van der Waals surface area contributed by atoms with Gasteiger partial charge in [-0.25, -0.2) is 0 Å². The molecule has 0 saturated carbocycles. The molecule has 1 spiro atoms. The largest absolute Gasteiger partial charge is 0.317 e. The molecule has 2 aliphatic rings. The van der Waals surface area contributed by atoms with Crippen LogP contribution in [-0.4, -0.2) is 43.4 Å². The maximum Gasteiger partial charge on any atom is 0.0185 e. The molecule has 1 N–H and O–H groups in total. The van der Waals surface area contributed by atoms with E-state index in [0.29, 0.717) is 5.41 Å². The molecular weight excluding hydrogens is 264 g/mol. The van der Waals surface area contributed by atoms with Crippen molar-refractivity contribution < 1.29 is 0 Å². The van der Waals surface area contributed by atoms with Crippen molar-refractivity contribution in [1.82, 2.24) is 10.2 Å². The van der Waals surface area contributed by atoms with Gasteiger partial charge in [-0.15, -0.1) is 0 Å². The minimum Gasteiger partial charge on any atom is -0.317 e. The Morgan fingerprint density at radius 2 is 1.90 bits per heavy atom. The molecule has 0 amide bonds. The quantitative estimate of drug-likeness (QED) is 0.839. The van der Waals surface area contributed by atoms with Crippen LogP contribution in [0, 0.1) is 5.41 Å². The molecule has 3 rings (SSSR count). The zero-order chi connectivity index (χ0) is 13.7. The van der Waals surface area contributed by atoms with Crippen LogP contribution < -0.4 is 5.32 Å². The van der Waals surface area contributed by atoms with Gasteiger partial charge in [0.2, 0.25) is 0 Å². The van der Waals surface area contributed by atoms with Crippen LogP contribution in [0.3, 0.4) is 0 Å². The van der Waals surface area contributed by atoms with Gasteiger partial charge < -0.3 is 10.2 Å². The van der Waals surface area contributed by atoms with E-state index in [9.17, 15) is 0 Å². The van der Waals surface area contributed by atoms with Crippen LogP contribution in [0.4, 0.5) is 0 Å². The van der Waals surface area contributed by atoms with Crippen molar-refractivity contribution in [1.29, 1.82) is 0 Å². The molecule has 3 heteroatoms. The first-order valence-corrected chi connectivity index (χ1v) is 9.07. The zero-order valence-electron chi connectivity index (χ0n) is 12.3. The topological polar surface area (TPSA) is 15.3 Å². The summed E-state index contributed by atoms with van der Waals surface area (Å²) >= 11 is 2.07.